The van der Waals surface area contributed by atoms with E-state index in [1.54, 1.807) is 36.2 Å². The van der Waals surface area contributed by atoms with Crippen molar-refractivity contribution in [3.8, 4) is 0 Å². The molecule has 0 unspecified atom stereocenters. The Hall–Kier alpha value is -2.12. The van der Waals surface area contributed by atoms with Crippen LogP contribution in [0.2, 0.25) is 5.02 Å². The number of carbonyl (C=O) groups is 3. The molecular weight excluding hydrogens is 346 g/mol. The zero-order valence-corrected chi connectivity index (χ0v) is 14.9. The lowest BCUT2D eigenvalue weighted by Gasteiger charge is -2.28. The summed E-state index contributed by atoms with van der Waals surface area (Å²) >= 11 is 5.77. The van der Waals surface area contributed by atoms with E-state index in [-0.39, 0.29) is 37.2 Å². The van der Waals surface area contributed by atoms with Crippen LogP contribution in [0, 0.1) is 0 Å². The number of ether oxygens (including phenoxy) is 1. The highest BCUT2D eigenvalue weighted by Gasteiger charge is 2.20. The van der Waals surface area contributed by atoms with E-state index in [4.69, 9.17) is 16.3 Å². The molecule has 7 nitrogen and oxygen atoms in total. The summed E-state index contributed by atoms with van der Waals surface area (Å²) in [6.45, 7) is 2.40. The molecule has 25 heavy (non-hydrogen) atoms. The van der Waals surface area contributed by atoms with Crippen molar-refractivity contribution in [2.75, 3.05) is 46.4 Å². The Balaban J connectivity index is 1.70. The first-order valence-electron chi connectivity index (χ1n) is 8.10. The van der Waals surface area contributed by atoms with E-state index >= 15 is 0 Å². The summed E-state index contributed by atoms with van der Waals surface area (Å²) in [4.78, 5) is 39.2. The van der Waals surface area contributed by atoms with E-state index in [2.05, 4.69) is 5.32 Å². The largest absolute Gasteiger partial charge is 0.378 e. The first kappa shape index (κ1) is 19.2. The molecule has 0 atom stereocenters. The molecule has 0 aromatic heterocycles. The molecule has 1 aromatic rings. The monoisotopic (exact) mass is 367 g/mol. The van der Waals surface area contributed by atoms with Gasteiger partial charge in [-0.05, 0) is 24.3 Å². The molecule has 3 amide bonds. The number of rotatable bonds is 6. The molecule has 1 aromatic carbocycles. The highest BCUT2D eigenvalue weighted by Crippen LogP contribution is 2.09. The number of carbonyl (C=O) groups excluding carboxylic acids is 3. The third-order valence-electron chi connectivity index (χ3n) is 3.89. The average molecular weight is 368 g/mol. The number of hydrogen-bond donors (Lipinski definition) is 1. The third kappa shape index (κ3) is 6.03. The van der Waals surface area contributed by atoms with Gasteiger partial charge in [0.05, 0.1) is 19.8 Å². The molecule has 2 rings (SSSR count). The number of nitrogens with zero attached hydrogens (tertiary/aromatic N) is 2. The second kappa shape index (κ2) is 9.39. The van der Waals surface area contributed by atoms with Crippen LogP contribution in [0.5, 0.6) is 0 Å². The number of morpholine rings is 1. The van der Waals surface area contributed by atoms with Gasteiger partial charge in [-0.3, -0.25) is 14.4 Å². The second-order valence-corrected chi connectivity index (χ2v) is 6.19. The zero-order chi connectivity index (χ0) is 18.2. The van der Waals surface area contributed by atoms with Crippen molar-refractivity contribution in [3.05, 3.63) is 34.9 Å². The van der Waals surface area contributed by atoms with Gasteiger partial charge in [0, 0.05) is 43.7 Å². The summed E-state index contributed by atoms with van der Waals surface area (Å²) in [6, 6.07) is 6.50. The Morgan fingerprint density at radius 1 is 1.20 bits per heavy atom. The van der Waals surface area contributed by atoms with Crippen molar-refractivity contribution in [2.45, 2.75) is 6.42 Å². The van der Waals surface area contributed by atoms with Crippen molar-refractivity contribution in [1.82, 2.24) is 15.1 Å². The molecule has 1 N–H and O–H groups in total. The molecule has 1 saturated heterocycles. The zero-order valence-electron chi connectivity index (χ0n) is 14.2. The van der Waals surface area contributed by atoms with E-state index in [0.717, 1.165) is 0 Å². The van der Waals surface area contributed by atoms with E-state index in [1.807, 2.05) is 0 Å². The Morgan fingerprint density at radius 2 is 1.84 bits per heavy atom. The Kier molecular flexibility index (Phi) is 7.21. The van der Waals surface area contributed by atoms with Crippen molar-refractivity contribution in [3.63, 3.8) is 0 Å². The van der Waals surface area contributed by atoms with Crippen LogP contribution < -0.4 is 5.32 Å². The van der Waals surface area contributed by atoms with Crippen LogP contribution in [0.4, 0.5) is 0 Å². The topological polar surface area (TPSA) is 79.0 Å². The molecule has 0 spiro atoms. The standard InChI is InChI=1S/C17H22ClN3O4/c1-20(12-16(23)21-8-10-25-11-9-21)15(22)6-7-19-17(24)13-2-4-14(18)5-3-13/h2-5H,6-12H2,1H3,(H,19,24). The Labute approximate surface area is 151 Å². The summed E-state index contributed by atoms with van der Waals surface area (Å²) in [5, 5.41) is 3.23. The predicted octanol–water partition coefficient (Wildman–Crippen LogP) is 0.777. The van der Waals surface area contributed by atoms with Crippen molar-refractivity contribution < 1.29 is 19.1 Å². The molecule has 0 saturated carbocycles. The maximum atomic E-state index is 12.1. The van der Waals surface area contributed by atoms with Crippen LogP contribution in [0.3, 0.4) is 0 Å². The van der Waals surface area contributed by atoms with Crippen LogP contribution in [0.15, 0.2) is 24.3 Å². The van der Waals surface area contributed by atoms with Gasteiger partial charge in [-0.2, -0.15) is 0 Å². The fraction of sp³-hybridized carbons (Fsp3) is 0.471. The normalized spacial score (nSPS) is 14.1. The van der Waals surface area contributed by atoms with Crippen LogP contribution in [-0.4, -0.2) is 74.0 Å². The van der Waals surface area contributed by atoms with Crippen molar-refractivity contribution >= 4 is 29.3 Å². The highest BCUT2D eigenvalue weighted by atomic mass is 35.5. The van der Waals surface area contributed by atoms with Gasteiger partial charge in [0.25, 0.3) is 5.91 Å². The number of benzene rings is 1. The molecule has 1 heterocycles. The van der Waals surface area contributed by atoms with E-state index in [1.165, 1.54) is 4.90 Å². The lowest BCUT2D eigenvalue weighted by Crippen LogP contribution is -2.46. The number of likely N-dealkylation sites (N-methyl/N-ethyl adjacent to an activating group) is 1. The molecule has 8 heteroatoms. The van der Waals surface area contributed by atoms with Crippen molar-refractivity contribution in [2.24, 2.45) is 0 Å². The van der Waals surface area contributed by atoms with Gasteiger partial charge >= 0.3 is 0 Å². The number of amides is 3. The minimum absolute atomic E-state index is 0.0317. The minimum Gasteiger partial charge on any atom is -0.378 e. The molecule has 0 aliphatic carbocycles. The van der Waals surface area contributed by atoms with Gasteiger partial charge in [-0.15, -0.1) is 0 Å². The van der Waals surface area contributed by atoms with E-state index in [0.29, 0.717) is 36.9 Å². The van der Waals surface area contributed by atoms with E-state index < -0.39 is 0 Å². The smallest absolute Gasteiger partial charge is 0.251 e. The average Bonchev–Trinajstić information content (AvgIpc) is 2.62. The van der Waals surface area contributed by atoms with Gasteiger partial charge in [-0.25, -0.2) is 0 Å². The molecule has 1 aliphatic rings. The Bertz CT molecular complexity index is 615. The van der Waals surface area contributed by atoms with Crippen LogP contribution in [0.25, 0.3) is 0 Å². The van der Waals surface area contributed by atoms with Gasteiger partial charge in [-0.1, -0.05) is 11.6 Å². The van der Waals surface area contributed by atoms with Crippen LogP contribution in [0.1, 0.15) is 16.8 Å². The molecule has 136 valence electrons. The summed E-state index contributed by atoms with van der Waals surface area (Å²) < 4.78 is 5.20. The first-order chi connectivity index (χ1) is 12.0. The summed E-state index contributed by atoms with van der Waals surface area (Å²) in [6.07, 6.45) is 0.131. The Morgan fingerprint density at radius 3 is 2.48 bits per heavy atom. The van der Waals surface area contributed by atoms with Crippen molar-refractivity contribution in [1.29, 1.82) is 0 Å². The lowest BCUT2D eigenvalue weighted by atomic mass is 10.2. The maximum Gasteiger partial charge on any atom is 0.251 e. The molecule has 0 bridgehead atoms. The summed E-state index contributed by atoms with van der Waals surface area (Å²) in [5.41, 5.74) is 0.479. The number of hydrogen-bond acceptors (Lipinski definition) is 4. The molecule has 0 radical (unpaired) electrons. The van der Waals surface area contributed by atoms with Crippen LogP contribution >= 0.6 is 11.6 Å². The van der Waals surface area contributed by atoms with E-state index in [9.17, 15) is 14.4 Å². The first-order valence-corrected chi connectivity index (χ1v) is 8.48. The molecule has 1 aliphatic heterocycles. The minimum atomic E-state index is -0.267. The predicted molar refractivity (Wildman–Crippen MR) is 93.4 cm³/mol. The molecule has 1 fully saturated rings. The second-order valence-electron chi connectivity index (χ2n) is 5.76. The SMILES string of the molecule is CN(CC(=O)N1CCOCC1)C(=O)CCNC(=O)c1ccc(Cl)cc1. The number of nitrogens with one attached hydrogen (secondary N) is 1. The fourth-order valence-corrected chi connectivity index (χ4v) is 2.51. The fourth-order valence-electron chi connectivity index (χ4n) is 2.38. The molecular formula is C17H22ClN3O4. The van der Waals surface area contributed by atoms with Gasteiger partial charge in [0.2, 0.25) is 11.8 Å². The lowest BCUT2D eigenvalue weighted by molar-refractivity contribution is -0.141. The van der Waals surface area contributed by atoms with Crippen LogP contribution in [-0.2, 0) is 14.3 Å². The van der Waals surface area contributed by atoms with Gasteiger partial charge in [0.1, 0.15) is 0 Å². The van der Waals surface area contributed by atoms with Gasteiger partial charge < -0.3 is 19.9 Å². The highest BCUT2D eigenvalue weighted by molar-refractivity contribution is 6.30. The quantitative estimate of drug-likeness (QED) is 0.805. The van der Waals surface area contributed by atoms with Gasteiger partial charge in [0.15, 0.2) is 0 Å². The number of halogens is 1. The summed E-state index contributed by atoms with van der Waals surface area (Å²) in [5.74, 6) is -0.557. The summed E-state index contributed by atoms with van der Waals surface area (Å²) in [7, 11) is 1.59. The maximum absolute atomic E-state index is 12.1. The third-order valence-corrected chi connectivity index (χ3v) is 4.14.